The molecule has 2 aliphatic heterocycles. The number of hydrogen-bond acceptors (Lipinski definition) is 3. The molecule has 2 aliphatic rings. The summed E-state index contributed by atoms with van der Waals surface area (Å²) in [4.78, 5) is 9.84. The molecular weight excluding hydrogens is 463 g/mol. The van der Waals surface area contributed by atoms with E-state index in [9.17, 15) is 0 Å². The van der Waals surface area contributed by atoms with Crippen LogP contribution in [-0.2, 0) is 11.3 Å². The quantitative estimate of drug-likeness (QED) is 0.354. The van der Waals surface area contributed by atoms with Gasteiger partial charge >= 0.3 is 0 Å². The molecule has 0 saturated carbocycles. The van der Waals surface area contributed by atoms with Crippen LogP contribution >= 0.6 is 24.0 Å². The van der Waals surface area contributed by atoms with Gasteiger partial charge in [-0.05, 0) is 51.3 Å². The number of likely N-dealkylation sites (tertiary alicyclic amines) is 2. The number of rotatable bonds is 7. The highest BCUT2D eigenvalue weighted by Crippen LogP contribution is 2.19. The van der Waals surface area contributed by atoms with Crippen molar-refractivity contribution < 1.29 is 4.74 Å². The van der Waals surface area contributed by atoms with Crippen LogP contribution in [0.1, 0.15) is 31.7 Å². The van der Waals surface area contributed by atoms with Gasteiger partial charge in [0.15, 0.2) is 5.96 Å². The van der Waals surface area contributed by atoms with E-state index in [1.807, 2.05) is 6.07 Å². The molecule has 3 rings (SSSR count). The Morgan fingerprint density at radius 1 is 1.14 bits per heavy atom. The predicted molar refractivity (Wildman–Crippen MR) is 127 cm³/mol. The van der Waals surface area contributed by atoms with Crippen molar-refractivity contribution in [3.05, 3.63) is 35.9 Å². The minimum atomic E-state index is 0. The van der Waals surface area contributed by atoms with Gasteiger partial charge in [0.2, 0.25) is 0 Å². The van der Waals surface area contributed by atoms with E-state index in [1.54, 1.807) is 0 Å². The summed E-state index contributed by atoms with van der Waals surface area (Å²) in [6, 6.07) is 10.4. The van der Waals surface area contributed by atoms with Crippen LogP contribution in [0.5, 0.6) is 0 Å². The van der Waals surface area contributed by atoms with Crippen LogP contribution in [0.4, 0.5) is 0 Å². The van der Waals surface area contributed by atoms with Gasteiger partial charge in [0.25, 0.3) is 0 Å². The fraction of sp³-hybridized carbons (Fsp3) is 0.682. The lowest BCUT2D eigenvalue weighted by Gasteiger charge is -2.29. The maximum atomic E-state index is 5.97. The zero-order valence-electron chi connectivity index (χ0n) is 17.5. The van der Waals surface area contributed by atoms with Crippen LogP contribution in [0.2, 0.25) is 0 Å². The Balaban J connectivity index is 0.00000280. The zero-order valence-corrected chi connectivity index (χ0v) is 19.8. The first-order valence-corrected chi connectivity index (χ1v) is 10.6. The highest BCUT2D eigenvalue weighted by molar-refractivity contribution is 14.0. The van der Waals surface area contributed by atoms with E-state index >= 15 is 0 Å². The number of ether oxygens (including phenoxy) is 1. The standard InChI is InChI=1S/C22H36N4O.HI/c1-3-23-22(24-14-20-10-7-12-25(2)15-20)26-13-11-21(16-26)18-27-17-19-8-5-4-6-9-19;/h4-6,8-9,20-21H,3,7,10-18H2,1-2H3,(H,23,24);1H. The van der Waals surface area contributed by atoms with E-state index in [-0.39, 0.29) is 24.0 Å². The van der Waals surface area contributed by atoms with Crippen LogP contribution in [0, 0.1) is 11.8 Å². The summed E-state index contributed by atoms with van der Waals surface area (Å²) >= 11 is 0. The Morgan fingerprint density at radius 3 is 2.71 bits per heavy atom. The molecule has 0 aromatic heterocycles. The van der Waals surface area contributed by atoms with Crippen LogP contribution in [0.25, 0.3) is 0 Å². The van der Waals surface area contributed by atoms with Gasteiger partial charge < -0.3 is 19.9 Å². The number of halogens is 1. The molecule has 0 radical (unpaired) electrons. The normalized spacial score (nSPS) is 23.5. The molecule has 0 spiro atoms. The van der Waals surface area contributed by atoms with Crippen LogP contribution in [-0.4, -0.2) is 68.7 Å². The maximum Gasteiger partial charge on any atom is 0.193 e. The van der Waals surface area contributed by atoms with Crippen LogP contribution in [0.15, 0.2) is 35.3 Å². The van der Waals surface area contributed by atoms with E-state index in [4.69, 9.17) is 9.73 Å². The molecule has 2 unspecified atom stereocenters. The fourth-order valence-corrected chi connectivity index (χ4v) is 4.14. The minimum absolute atomic E-state index is 0. The third-order valence-electron chi connectivity index (χ3n) is 5.61. The lowest BCUT2D eigenvalue weighted by Crippen LogP contribution is -2.41. The number of nitrogens with one attached hydrogen (secondary N) is 1. The van der Waals surface area contributed by atoms with E-state index in [0.29, 0.717) is 18.4 Å². The fourth-order valence-electron chi connectivity index (χ4n) is 4.14. The van der Waals surface area contributed by atoms with Gasteiger partial charge in [0.1, 0.15) is 0 Å². The van der Waals surface area contributed by atoms with Crippen molar-refractivity contribution in [2.24, 2.45) is 16.8 Å². The molecule has 2 saturated heterocycles. The number of guanidine groups is 1. The molecule has 6 heteroatoms. The summed E-state index contributed by atoms with van der Waals surface area (Å²) in [5, 5.41) is 3.50. The Morgan fingerprint density at radius 2 is 1.96 bits per heavy atom. The van der Waals surface area contributed by atoms with Gasteiger partial charge in [-0.3, -0.25) is 4.99 Å². The minimum Gasteiger partial charge on any atom is -0.376 e. The average Bonchev–Trinajstić information content (AvgIpc) is 3.15. The molecule has 2 atom stereocenters. The monoisotopic (exact) mass is 500 g/mol. The Labute approximate surface area is 187 Å². The van der Waals surface area contributed by atoms with Gasteiger partial charge in [-0.25, -0.2) is 0 Å². The van der Waals surface area contributed by atoms with Crippen molar-refractivity contribution in [3.63, 3.8) is 0 Å². The molecule has 0 amide bonds. The molecule has 0 aliphatic carbocycles. The number of hydrogen-bond donors (Lipinski definition) is 1. The second kappa shape index (κ2) is 12.6. The average molecular weight is 500 g/mol. The Kier molecular flexibility index (Phi) is 10.6. The SMILES string of the molecule is CCNC(=NCC1CCCN(C)C1)N1CCC(COCc2ccccc2)C1.I. The second-order valence-electron chi connectivity index (χ2n) is 8.07. The molecule has 28 heavy (non-hydrogen) atoms. The summed E-state index contributed by atoms with van der Waals surface area (Å²) in [7, 11) is 2.22. The summed E-state index contributed by atoms with van der Waals surface area (Å²) in [6.45, 7) is 10.1. The topological polar surface area (TPSA) is 40.1 Å². The summed E-state index contributed by atoms with van der Waals surface area (Å²) in [5.74, 6) is 2.39. The first-order valence-electron chi connectivity index (χ1n) is 10.6. The second-order valence-corrected chi connectivity index (χ2v) is 8.07. The number of piperidine rings is 1. The van der Waals surface area contributed by atoms with Gasteiger partial charge in [0.05, 0.1) is 13.2 Å². The number of benzene rings is 1. The molecule has 1 aromatic carbocycles. The Hall–Kier alpha value is -0.860. The highest BCUT2D eigenvalue weighted by Gasteiger charge is 2.25. The van der Waals surface area contributed by atoms with Crippen molar-refractivity contribution in [2.75, 3.05) is 52.9 Å². The lowest BCUT2D eigenvalue weighted by molar-refractivity contribution is 0.0906. The molecule has 5 nitrogen and oxygen atoms in total. The van der Waals surface area contributed by atoms with Crippen molar-refractivity contribution in [3.8, 4) is 0 Å². The van der Waals surface area contributed by atoms with E-state index in [2.05, 4.69) is 53.4 Å². The summed E-state index contributed by atoms with van der Waals surface area (Å²) < 4.78 is 5.97. The van der Waals surface area contributed by atoms with Gasteiger partial charge in [0, 0.05) is 38.6 Å². The van der Waals surface area contributed by atoms with E-state index < -0.39 is 0 Å². The summed E-state index contributed by atoms with van der Waals surface area (Å²) in [6.07, 6.45) is 3.80. The molecular formula is C22H37IN4O. The largest absolute Gasteiger partial charge is 0.376 e. The van der Waals surface area contributed by atoms with Crippen LogP contribution in [0.3, 0.4) is 0 Å². The van der Waals surface area contributed by atoms with Gasteiger partial charge in [-0.1, -0.05) is 30.3 Å². The number of aliphatic imine (C=N–C) groups is 1. The highest BCUT2D eigenvalue weighted by atomic mass is 127. The lowest BCUT2D eigenvalue weighted by atomic mass is 9.99. The smallest absolute Gasteiger partial charge is 0.193 e. The van der Waals surface area contributed by atoms with Crippen LogP contribution < -0.4 is 5.32 Å². The first-order chi connectivity index (χ1) is 13.2. The summed E-state index contributed by atoms with van der Waals surface area (Å²) in [5.41, 5.74) is 1.25. The van der Waals surface area contributed by atoms with Crippen molar-refractivity contribution in [1.29, 1.82) is 0 Å². The van der Waals surface area contributed by atoms with Crippen molar-refractivity contribution in [1.82, 2.24) is 15.1 Å². The van der Waals surface area contributed by atoms with Crippen molar-refractivity contribution >= 4 is 29.9 Å². The van der Waals surface area contributed by atoms with E-state index in [1.165, 1.54) is 37.9 Å². The van der Waals surface area contributed by atoms with Crippen molar-refractivity contribution in [2.45, 2.75) is 32.8 Å². The molecule has 0 bridgehead atoms. The predicted octanol–water partition coefficient (Wildman–Crippen LogP) is 3.45. The van der Waals surface area contributed by atoms with Gasteiger partial charge in [-0.15, -0.1) is 24.0 Å². The zero-order chi connectivity index (χ0) is 18.9. The maximum absolute atomic E-state index is 5.97. The Bertz CT molecular complexity index is 583. The molecule has 1 aromatic rings. The first kappa shape index (κ1) is 23.4. The molecule has 2 heterocycles. The van der Waals surface area contributed by atoms with E-state index in [0.717, 1.165) is 38.7 Å². The molecule has 158 valence electrons. The molecule has 2 fully saturated rings. The van der Waals surface area contributed by atoms with Gasteiger partial charge in [-0.2, -0.15) is 0 Å². The molecule has 1 N–H and O–H groups in total. The number of nitrogens with zero attached hydrogens (tertiary/aromatic N) is 3. The third kappa shape index (κ3) is 7.52. The third-order valence-corrected chi connectivity index (χ3v) is 5.61.